The fourth-order valence-corrected chi connectivity index (χ4v) is 4.11. The second kappa shape index (κ2) is 22.0. The number of nitrogens with one attached hydrogen (secondary N) is 1. The summed E-state index contributed by atoms with van der Waals surface area (Å²) in [4.78, 5) is 11.4. The molecule has 0 bridgehead atoms. The Morgan fingerprint density at radius 1 is 0.818 bits per heavy atom. The Kier molecular flexibility index (Phi) is 19.5. The van der Waals surface area contributed by atoms with Gasteiger partial charge in [-0.2, -0.15) is 0 Å². The Labute approximate surface area is 204 Å². The van der Waals surface area contributed by atoms with Crippen LogP contribution in [-0.2, 0) is 16.0 Å². The van der Waals surface area contributed by atoms with E-state index in [9.17, 15) is 4.79 Å². The topological polar surface area (TPSA) is 38.3 Å². The standard InChI is InChI=1S/C30H51NO2/c1-3-5-6-7-8-9-10-11-12-13-14-15-16-17-18-19-26-31-29-24-20-22-28(27-29)23-21-25-30(32)33-4-2/h11-12,20,22,24,27,31H,3-10,13-19,21,23,25-26H2,1-2H3. The van der Waals surface area contributed by atoms with Gasteiger partial charge >= 0.3 is 5.97 Å². The van der Waals surface area contributed by atoms with Crippen LogP contribution in [0.25, 0.3) is 0 Å². The summed E-state index contributed by atoms with van der Waals surface area (Å²) in [5, 5.41) is 3.55. The molecule has 0 aromatic heterocycles. The first kappa shape index (κ1) is 29.3. The van der Waals surface area contributed by atoms with E-state index in [4.69, 9.17) is 4.74 Å². The average molecular weight is 458 g/mol. The molecule has 188 valence electrons. The van der Waals surface area contributed by atoms with Gasteiger partial charge in [-0.05, 0) is 69.6 Å². The summed E-state index contributed by atoms with van der Waals surface area (Å²) in [6.45, 7) is 5.63. The SMILES string of the molecule is CCCCCCCCC=CCCCCCCCCNc1cccc(CCCC(=O)OCC)c1. The van der Waals surface area contributed by atoms with E-state index in [1.54, 1.807) is 0 Å². The molecular weight excluding hydrogens is 406 g/mol. The zero-order chi connectivity index (χ0) is 23.8. The van der Waals surface area contributed by atoms with Crippen molar-refractivity contribution < 1.29 is 9.53 Å². The van der Waals surface area contributed by atoms with Gasteiger partial charge in [-0.15, -0.1) is 0 Å². The van der Waals surface area contributed by atoms with Crippen LogP contribution in [0, 0.1) is 0 Å². The van der Waals surface area contributed by atoms with Crippen molar-refractivity contribution >= 4 is 11.7 Å². The molecule has 0 unspecified atom stereocenters. The van der Waals surface area contributed by atoms with Crippen LogP contribution < -0.4 is 5.32 Å². The number of esters is 1. The number of allylic oxidation sites excluding steroid dienone is 2. The highest BCUT2D eigenvalue weighted by Crippen LogP contribution is 2.14. The van der Waals surface area contributed by atoms with Crippen LogP contribution in [0.1, 0.15) is 122 Å². The van der Waals surface area contributed by atoms with Gasteiger partial charge in [-0.25, -0.2) is 0 Å². The quantitative estimate of drug-likeness (QED) is 0.107. The van der Waals surface area contributed by atoms with E-state index in [0.717, 1.165) is 19.4 Å². The monoisotopic (exact) mass is 457 g/mol. The summed E-state index contributed by atoms with van der Waals surface area (Å²) in [6.07, 6.45) is 25.9. The number of rotatable bonds is 22. The Morgan fingerprint density at radius 3 is 2.12 bits per heavy atom. The second-order valence-corrected chi connectivity index (χ2v) is 9.22. The molecule has 0 saturated carbocycles. The summed E-state index contributed by atoms with van der Waals surface area (Å²) >= 11 is 0. The minimum atomic E-state index is -0.0910. The minimum absolute atomic E-state index is 0.0910. The smallest absolute Gasteiger partial charge is 0.305 e. The van der Waals surface area contributed by atoms with Crippen LogP contribution in [0.15, 0.2) is 36.4 Å². The number of aryl methyl sites for hydroxylation is 1. The van der Waals surface area contributed by atoms with Crippen LogP contribution in [0.2, 0.25) is 0 Å². The van der Waals surface area contributed by atoms with Crippen molar-refractivity contribution in [3.8, 4) is 0 Å². The molecule has 0 amide bonds. The number of anilines is 1. The van der Waals surface area contributed by atoms with Gasteiger partial charge in [0.15, 0.2) is 0 Å². The molecule has 0 aliphatic rings. The number of unbranched alkanes of at least 4 members (excludes halogenated alkanes) is 12. The molecule has 0 fully saturated rings. The number of ether oxygens (including phenoxy) is 1. The molecule has 0 aliphatic heterocycles. The van der Waals surface area contributed by atoms with Gasteiger partial charge in [0.1, 0.15) is 0 Å². The van der Waals surface area contributed by atoms with Crippen molar-refractivity contribution in [2.75, 3.05) is 18.5 Å². The highest BCUT2D eigenvalue weighted by atomic mass is 16.5. The maximum absolute atomic E-state index is 11.4. The molecule has 0 aliphatic carbocycles. The van der Waals surface area contributed by atoms with E-state index >= 15 is 0 Å². The van der Waals surface area contributed by atoms with E-state index in [2.05, 4.69) is 48.7 Å². The van der Waals surface area contributed by atoms with Crippen LogP contribution in [0.3, 0.4) is 0 Å². The first-order chi connectivity index (χ1) is 16.3. The lowest BCUT2D eigenvalue weighted by atomic mass is 10.1. The first-order valence-electron chi connectivity index (χ1n) is 13.9. The third kappa shape index (κ3) is 18.4. The van der Waals surface area contributed by atoms with Gasteiger partial charge in [-0.3, -0.25) is 4.79 Å². The Morgan fingerprint density at radius 2 is 1.45 bits per heavy atom. The molecule has 0 atom stereocenters. The lowest BCUT2D eigenvalue weighted by Crippen LogP contribution is -2.04. The van der Waals surface area contributed by atoms with Gasteiger partial charge in [0.05, 0.1) is 6.61 Å². The molecule has 1 aromatic rings. The zero-order valence-electron chi connectivity index (χ0n) is 21.7. The van der Waals surface area contributed by atoms with E-state index in [-0.39, 0.29) is 5.97 Å². The molecule has 0 heterocycles. The lowest BCUT2D eigenvalue weighted by Gasteiger charge is -2.09. The van der Waals surface area contributed by atoms with Crippen molar-refractivity contribution in [2.24, 2.45) is 0 Å². The molecule has 3 heteroatoms. The molecule has 3 nitrogen and oxygen atoms in total. The summed E-state index contributed by atoms with van der Waals surface area (Å²) in [7, 11) is 0. The highest BCUT2D eigenvalue weighted by Gasteiger charge is 2.02. The third-order valence-electron chi connectivity index (χ3n) is 6.10. The molecule has 33 heavy (non-hydrogen) atoms. The molecular formula is C30H51NO2. The van der Waals surface area contributed by atoms with Crippen LogP contribution in [-0.4, -0.2) is 19.1 Å². The Hall–Kier alpha value is -1.77. The van der Waals surface area contributed by atoms with Gasteiger partial charge in [-0.1, -0.05) is 89.0 Å². The molecule has 1 rings (SSSR count). The summed E-state index contributed by atoms with van der Waals surface area (Å²) in [6, 6.07) is 8.59. The fourth-order valence-electron chi connectivity index (χ4n) is 4.11. The van der Waals surface area contributed by atoms with E-state index in [1.807, 2.05) is 6.92 Å². The summed E-state index contributed by atoms with van der Waals surface area (Å²) < 4.78 is 4.99. The highest BCUT2D eigenvalue weighted by molar-refractivity contribution is 5.69. The van der Waals surface area contributed by atoms with Crippen LogP contribution >= 0.6 is 0 Å². The van der Waals surface area contributed by atoms with Crippen molar-refractivity contribution in [3.63, 3.8) is 0 Å². The van der Waals surface area contributed by atoms with Crippen LogP contribution in [0.4, 0.5) is 5.69 Å². The van der Waals surface area contributed by atoms with E-state index in [1.165, 1.54) is 101 Å². The van der Waals surface area contributed by atoms with Crippen molar-refractivity contribution in [2.45, 2.75) is 123 Å². The van der Waals surface area contributed by atoms with Crippen molar-refractivity contribution in [3.05, 3.63) is 42.0 Å². The van der Waals surface area contributed by atoms with Crippen molar-refractivity contribution in [1.82, 2.24) is 0 Å². The maximum atomic E-state index is 11.4. The minimum Gasteiger partial charge on any atom is -0.466 e. The third-order valence-corrected chi connectivity index (χ3v) is 6.10. The number of carbonyl (C=O) groups is 1. The number of carbonyl (C=O) groups excluding carboxylic acids is 1. The van der Waals surface area contributed by atoms with Crippen LogP contribution in [0.5, 0.6) is 0 Å². The normalized spacial score (nSPS) is 11.2. The number of benzene rings is 1. The predicted molar refractivity (Wildman–Crippen MR) is 144 cm³/mol. The second-order valence-electron chi connectivity index (χ2n) is 9.22. The maximum Gasteiger partial charge on any atom is 0.305 e. The Bertz CT molecular complexity index is 611. The van der Waals surface area contributed by atoms with Gasteiger partial charge in [0, 0.05) is 18.7 Å². The molecule has 1 aromatic carbocycles. The summed E-state index contributed by atoms with van der Waals surface area (Å²) in [5.74, 6) is -0.0910. The van der Waals surface area contributed by atoms with E-state index < -0.39 is 0 Å². The first-order valence-corrected chi connectivity index (χ1v) is 13.9. The number of hydrogen-bond acceptors (Lipinski definition) is 3. The molecule has 0 radical (unpaired) electrons. The summed E-state index contributed by atoms with van der Waals surface area (Å²) in [5.41, 5.74) is 2.47. The van der Waals surface area contributed by atoms with Crippen molar-refractivity contribution in [1.29, 1.82) is 0 Å². The molecule has 0 saturated heterocycles. The lowest BCUT2D eigenvalue weighted by molar-refractivity contribution is -0.143. The van der Waals surface area contributed by atoms with Gasteiger partial charge < -0.3 is 10.1 Å². The zero-order valence-corrected chi connectivity index (χ0v) is 21.7. The largest absolute Gasteiger partial charge is 0.466 e. The Balaban J connectivity index is 1.93. The van der Waals surface area contributed by atoms with E-state index in [0.29, 0.717) is 13.0 Å². The van der Waals surface area contributed by atoms with Gasteiger partial charge in [0.25, 0.3) is 0 Å². The fraction of sp³-hybridized carbons (Fsp3) is 0.700. The molecule has 1 N–H and O–H groups in total. The number of hydrogen-bond donors (Lipinski definition) is 1. The predicted octanol–water partition coefficient (Wildman–Crippen LogP) is 9.02. The average Bonchev–Trinajstić information content (AvgIpc) is 2.81. The van der Waals surface area contributed by atoms with Gasteiger partial charge in [0.2, 0.25) is 0 Å². The molecule has 0 spiro atoms.